The van der Waals surface area contributed by atoms with Crippen molar-refractivity contribution in [1.82, 2.24) is 0 Å². The van der Waals surface area contributed by atoms with E-state index in [0.29, 0.717) is 0 Å². The summed E-state index contributed by atoms with van der Waals surface area (Å²) in [7, 11) is 0. The average molecular weight is 486 g/mol. The Hall–Kier alpha value is -4.28. The smallest absolute Gasteiger partial charge is 0.333 e. The molecule has 0 aliphatic carbocycles. The van der Waals surface area contributed by atoms with Crippen LogP contribution in [0.4, 0.5) is 0 Å². The highest BCUT2D eigenvalue weighted by Crippen LogP contribution is 2.33. The molecule has 0 aromatic heterocycles. The highest BCUT2D eigenvalue weighted by molar-refractivity contribution is 6.19. The third-order valence-corrected chi connectivity index (χ3v) is 4.48. The van der Waals surface area contributed by atoms with E-state index in [1.54, 1.807) is 0 Å². The maximum absolute atomic E-state index is 10.8. The van der Waals surface area contributed by atoms with E-state index in [1.165, 1.54) is 13.8 Å². The van der Waals surface area contributed by atoms with Gasteiger partial charge in [0, 0.05) is 0 Å². The van der Waals surface area contributed by atoms with Gasteiger partial charge in [-0.1, -0.05) is 13.8 Å². The summed E-state index contributed by atoms with van der Waals surface area (Å²) in [5, 5.41) is 69.5. The summed E-state index contributed by atoms with van der Waals surface area (Å²) in [6.07, 6.45) is -0.861. The molecular formula is C16H22O17. The Bertz CT molecular complexity index is 685. The SMILES string of the molecule is CCC(C(=O)O)C(C(=O)O)(C(=O)O)C(=O)O.CCC(C(=O)O)C(C(=O)O)(C(=O)O)C(=O)O.O. The van der Waals surface area contributed by atoms with Gasteiger partial charge in [0.05, 0.1) is 11.8 Å². The van der Waals surface area contributed by atoms with Crippen molar-refractivity contribution in [3.05, 3.63) is 0 Å². The Kier molecular flexibility index (Phi) is 12.7. The van der Waals surface area contributed by atoms with Gasteiger partial charge in [0.2, 0.25) is 0 Å². The Morgan fingerprint density at radius 2 is 0.636 bits per heavy atom. The fraction of sp³-hybridized carbons (Fsp3) is 0.500. The van der Waals surface area contributed by atoms with Crippen LogP contribution in [0.15, 0.2) is 0 Å². The van der Waals surface area contributed by atoms with Gasteiger partial charge in [-0.05, 0) is 12.8 Å². The standard InChI is InChI=1S/2C8H10O8.H2O/c2*1-2-3(4(9)10)8(5(11)12,6(13)14)7(15)16;/h2*3H,2H2,1H3,(H,9,10)(H,11,12)(H,13,14)(H,15,16);1H2. The maximum Gasteiger partial charge on any atom is 0.333 e. The summed E-state index contributed by atoms with van der Waals surface area (Å²) in [6, 6.07) is 0. The van der Waals surface area contributed by atoms with E-state index in [2.05, 4.69) is 0 Å². The molecule has 0 fully saturated rings. The highest BCUT2D eigenvalue weighted by Gasteiger charge is 2.63. The van der Waals surface area contributed by atoms with Crippen LogP contribution in [0.25, 0.3) is 0 Å². The zero-order valence-electron chi connectivity index (χ0n) is 16.9. The van der Waals surface area contributed by atoms with Crippen LogP contribution in [0, 0.1) is 22.7 Å². The Morgan fingerprint density at radius 1 is 0.485 bits per heavy atom. The molecule has 2 unspecified atom stereocenters. The molecule has 17 heteroatoms. The average Bonchev–Trinajstić information content (AvgIpc) is 2.61. The zero-order chi connectivity index (χ0) is 26.2. The molecule has 0 aliphatic rings. The summed E-state index contributed by atoms with van der Waals surface area (Å²) in [6.45, 7) is 2.39. The molecule has 188 valence electrons. The first-order valence-electron chi connectivity index (χ1n) is 8.31. The summed E-state index contributed by atoms with van der Waals surface area (Å²) >= 11 is 0. The van der Waals surface area contributed by atoms with Gasteiger partial charge in [0.25, 0.3) is 10.8 Å². The van der Waals surface area contributed by atoms with Crippen LogP contribution in [-0.4, -0.2) is 94.1 Å². The lowest BCUT2D eigenvalue weighted by atomic mass is 9.74. The highest BCUT2D eigenvalue weighted by atomic mass is 16.4. The number of hydrogen-bond acceptors (Lipinski definition) is 8. The minimum absolute atomic E-state index is 0. The summed E-state index contributed by atoms with van der Waals surface area (Å²) in [5.74, 6) is -20.9. The molecule has 0 heterocycles. The second kappa shape index (κ2) is 12.5. The third-order valence-electron chi connectivity index (χ3n) is 4.48. The topological polar surface area (TPSA) is 330 Å². The van der Waals surface area contributed by atoms with Gasteiger partial charge in [0.1, 0.15) is 0 Å². The monoisotopic (exact) mass is 486 g/mol. The van der Waals surface area contributed by atoms with E-state index < -0.39 is 83.3 Å². The lowest BCUT2D eigenvalue weighted by Gasteiger charge is -2.25. The van der Waals surface area contributed by atoms with E-state index in [1.807, 2.05) is 0 Å². The lowest BCUT2D eigenvalue weighted by molar-refractivity contribution is -0.187. The Balaban J connectivity index is -0.000000529. The Morgan fingerprint density at radius 3 is 0.667 bits per heavy atom. The lowest BCUT2D eigenvalue weighted by Crippen LogP contribution is -2.54. The molecule has 0 aromatic rings. The molecule has 0 aliphatic heterocycles. The number of carbonyl (C=O) groups is 8. The molecule has 0 saturated heterocycles. The molecule has 0 radical (unpaired) electrons. The van der Waals surface area contributed by atoms with Crippen molar-refractivity contribution in [2.75, 3.05) is 0 Å². The van der Waals surface area contributed by atoms with E-state index in [0.717, 1.165) is 0 Å². The first kappa shape index (κ1) is 33.4. The van der Waals surface area contributed by atoms with Crippen LogP contribution in [0.2, 0.25) is 0 Å². The molecule has 0 aromatic carbocycles. The van der Waals surface area contributed by atoms with Gasteiger partial charge < -0.3 is 46.3 Å². The molecule has 0 amide bonds. The first-order valence-corrected chi connectivity index (χ1v) is 8.31. The fourth-order valence-corrected chi connectivity index (χ4v) is 2.78. The molecule has 10 N–H and O–H groups in total. The molecule has 2 atom stereocenters. The molecule has 0 bridgehead atoms. The van der Waals surface area contributed by atoms with Gasteiger partial charge >= 0.3 is 47.8 Å². The largest absolute Gasteiger partial charge is 0.481 e. The van der Waals surface area contributed by atoms with Gasteiger partial charge in [-0.25, -0.2) is 0 Å². The van der Waals surface area contributed by atoms with Crippen molar-refractivity contribution in [1.29, 1.82) is 0 Å². The molecule has 0 rings (SSSR count). The summed E-state index contributed by atoms with van der Waals surface area (Å²) in [4.78, 5) is 86.1. The van der Waals surface area contributed by atoms with Crippen LogP contribution in [-0.2, 0) is 38.4 Å². The fourth-order valence-electron chi connectivity index (χ4n) is 2.78. The minimum Gasteiger partial charge on any atom is -0.481 e. The van der Waals surface area contributed by atoms with E-state index in [9.17, 15) is 38.4 Å². The van der Waals surface area contributed by atoms with Crippen LogP contribution in [0.1, 0.15) is 26.7 Å². The molecular weight excluding hydrogens is 464 g/mol. The van der Waals surface area contributed by atoms with Gasteiger partial charge in [-0.15, -0.1) is 0 Å². The minimum atomic E-state index is -3.36. The Labute approximate surface area is 182 Å². The molecule has 0 saturated carbocycles. The molecule has 33 heavy (non-hydrogen) atoms. The van der Waals surface area contributed by atoms with Gasteiger partial charge in [0.15, 0.2) is 0 Å². The number of carboxylic acids is 8. The first-order chi connectivity index (χ1) is 14.4. The quantitative estimate of drug-likeness (QED) is 0.136. The van der Waals surface area contributed by atoms with Crippen LogP contribution < -0.4 is 0 Å². The van der Waals surface area contributed by atoms with Crippen molar-refractivity contribution < 1.29 is 84.7 Å². The number of aliphatic carboxylic acids is 8. The van der Waals surface area contributed by atoms with Crippen molar-refractivity contribution in [3.8, 4) is 0 Å². The predicted octanol–water partition coefficient (Wildman–Crippen LogP) is -2.15. The van der Waals surface area contributed by atoms with Crippen molar-refractivity contribution in [2.45, 2.75) is 26.7 Å². The van der Waals surface area contributed by atoms with Crippen LogP contribution in [0.3, 0.4) is 0 Å². The van der Waals surface area contributed by atoms with Crippen molar-refractivity contribution >= 4 is 47.8 Å². The molecule has 17 nitrogen and oxygen atoms in total. The summed E-state index contributed by atoms with van der Waals surface area (Å²) in [5.41, 5.74) is -6.72. The zero-order valence-corrected chi connectivity index (χ0v) is 16.9. The van der Waals surface area contributed by atoms with Crippen LogP contribution in [0.5, 0.6) is 0 Å². The third kappa shape index (κ3) is 5.91. The second-order valence-corrected chi connectivity index (χ2v) is 6.05. The van der Waals surface area contributed by atoms with Gasteiger partial charge in [-0.3, -0.25) is 38.4 Å². The number of rotatable bonds is 12. The number of hydrogen-bond donors (Lipinski definition) is 8. The number of carboxylic acid groups (broad SMARTS) is 8. The molecule has 0 spiro atoms. The van der Waals surface area contributed by atoms with E-state index in [-0.39, 0.29) is 5.48 Å². The predicted molar refractivity (Wildman–Crippen MR) is 97.1 cm³/mol. The van der Waals surface area contributed by atoms with Crippen molar-refractivity contribution in [3.63, 3.8) is 0 Å². The maximum atomic E-state index is 10.8. The van der Waals surface area contributed by atoms with E-state index in [4.69, 9.17) is 40.9 Å². The van der Waals surface area contributed by atoms with E-state index >= 15 is 0 Å². The van der Waals surface area contributed by atoms with Gasteiger partial charge in [-0.2, -0.15) is 0 Å². The summed E-state index contributed by atoms with van der Waals surface area (Å²) < 4.78 is 0. The normalized spacial score (nSPS) is 12.4. The van der Waals surface area contributed by atoms with Crippen LogP contribution >= 0.6 is 0 Å². The van der Waals surface area contributed by atoms with Crippen molar-refractivity contribution in [2.24, 2.45) is 22.7 Å². The second-order valence-electron chi connectivity index (χ2n) is 6.05.